The Morgan fingerprint density at radius 3 is 2.75 bits per heavy atom. The second-order valence-corrected chi connectivity index (χ2v) is 3.83. The highest BCUT2D eigenvalue weighted by Crippen LogP contribution is 2.22. The van der Waals surface area contributed by atoms with Crippen molar-refractivity contribution in [1.82, 2.24) is 10.6 Å². The first-order valence-electron chi connectivity index (χ1n) is 4.89. The number of hydrogen-bond donors (Lipinski definition) is 2. The quantitative estimate of drug-likeness (QED) is 0.631. The molecule has 0 aromatic heterocycles. The van der Waals surface area contributed by atoms with Gasteiger partial charge in [0.2, 0.25) is 0 Å². The Balaban J connectivity index is 1.77. The van der Waals surface area contributed by atoms with Gasteiger partial charge in [-0.3, -0.25) is 0 Å². The Morgan fingerprint density at radius 2 is 2.17 bits per heavy atom. The van der Waals surface area contributed by atoms with E-state index < -0.39 is 0 Å². The minimum Gasteiger partial charge on any atom is -0.380 e. The van der Waals surface area contributed by atoms with Crippen LogP contribution < -0.4 is 10.6 Å². The first-order valence-corrected chi connectivity index (χ1v) is 4.89. The fourth-order valence-electron chi connectivity index (χ4n) is 2.11. The van der Waals surface area contributed by atoms with E-state index >= 15 is 0 Å². The van der Waals surface area contributed by atoms with E-state index in [1.807, 2.05) is 7.11 Å². The minimum atomic E-state index is 0.464. The van der Waals surface area contributed by atoms with Crippen LogP contribution in [0.5, 0.6) is 0 Å². The minimum absolute atomic E-state index is 0.464. The van der Waals surface area contributed by atoms with Crippen LogP contribution >= 0.6 is 0 Å². The van der Waals surface area contributed by atoms with Crippen molar-refractivity contribution in [3.63, 3.8) is 0 Å². The number of nitrogens with one attached hydrogen (secondary N) is 2. The van der Waals surface area contributed by atoms with Gasteiger partial charge in [-0.25, -0.2) is 0 Å². The molecule has 12 heavy (non-hydrogen) atoms. The summed E-state index contributed by atoms with van der Waals surface area (Å²) in [4.78, 5) is 0. The van der Waals surface area contributed by atoms with Crippen LogP contribution in [0, 0.1) is 0 Å². The number of ether oxygens (including phenoxy) is 1. The van der Waals surface area contributed by atoms with E-state index in [1.54, 1.807) is 0 Å². The molecule has 1 saturated carbocycles. The molecule has 70 valence electrons. The first kappa shape index (κ1) is 8.48. The Bertz CT molecular complexity index is 147. The number of hydrogen-bond acceptors (Lipinski definition) is 3. The van der Waals surface area contributed by atoms with Crippen molar-refractivity contribution in [2.45, 2.75) is 37.5 Å². The molecule has 0 spiro atoms. The second kappa shape index (κ2) is 3.73. The molecule has 0 aromatic carbocycles. The van der Waals surface area contributed by atoms with Crippen molar-refractivity contribution in [2.24, 2.45) is 0 Å². The molecule has 0 aromatic rings. The lowest BCUT2D eigenvalue weighted by Crippen LogP contribution is -2.59. The smallest absolute Gasteiger partial charge is 0.0724 e. The van der Waals surface area contributed by atoms with Crippen LogP contribution in [0.15, 0.2) is 0 Å². The molecule has 2 N–H and O–H groups in total. The highest BCUT2D eigenvalue weighted by Gasteiger charge is 2.30. The molecule has 1 aliphatic carbocycles. The molecule has 0 amide bonds. The summed E-state index contributed by atoms with van der Waals surface area (Å²) in [7, 11) is 1.82. The monoisotopic (exact) mass is 170 g/mol. The molecule has 1 heterocycles. The molecular formula is C9H18N2O. The molecule has 2 fully saturated rings. The Kier molecular flexibility index (Phi) is 2.63. The highest BCUT2D eigenvalue weighted by atomic mass is 16.5. The molecule has 1 saturated heterocycles. The van der Waals surface area contributed by atoms with Crippen LogP contribution in [0.3, 0.4) is 0 Å². The summed E-state index contributed by atoms with van der Waals surface area (Å²) >= 11 is 0. The van der Waals surface area contributed by atoms with Gasteiger partial charge >= 0.3 is 0 Å². The standard InChI is InChI=1S/C9H18N2O/c1-12-9-4-2-3-8(9)11-7-5-10-6-7/h7-11H,2-6H2,1H3. The van der Waals surface area contributed by atoms with Gasteiger partial charge < -0.3 is 15.4 Å². The fraction of sp³-hybridized carbons (Fsp3) is 1.00. The van der Waals surface area contributed by atoms with Gasteiger partial charge in [0.1, 0.15) is 0 Å². The van der Waals surface area contributed by atoms with Gasteiger partial charge in [0.25, 0.3) is 0 Å². The van der Waals surface area contributed by atoms with Crippen molar-refractivity contribution < 1.29 is 4.74 Å². The lowest BCUT2D eigenvalue weighted by Gasteiger charge is -2.32. The summed E-state index contributed by atoms with van der Waals surface area (Å²) in [5.41, 5.74) is 0. The summed E-state index contributed by atoms with van der Waals surface area (Å²) < 4.78 is 5.41. The number of rotatable bonds is 3. The van der Waals surface area contributed by atoms with E-state index in [2.05, 4.69) is 10.6 Å². The number of methoxy groups -OCH3 is 1. The SMILES string of the molecule is COC1CCCC1NC1CNC1. The van der Waals surface area contributed by atoms with Crippen LogP contribution in [0.4, 0.5) is 0 Å². The summed E-state index contributed by atoms with van der Waals surface area (Å²) in [6.07, 6.45) is 4.30. The zero-order valence-electron chi connectivity index (χ0n) is 7.68. The van der Waals surface area contributed by atoms with Gasteiger partial charge in [-0.1, -0.05) is 0 Å². The average molecular weight is 170 g/mol. The van der Waals surface area contributed by atoms with E-state index in [-0.39, 0.29) is 0 Å². The van der Waals surface area contributed by atoms with Crippen molar-refractivity contribution in [2.75, 3.05) is 20.2 Å². The predicted octanol–water partition coefficient (Wildman–Crippen LogP) is 0.115. The lowest BCUT2D eigenvalue weighted by molar-refractivity contribution is 0.0782. The third-order valence-corrected chi connectivity index (χ3v) is 2.99. The third kappa shape index (κ3) is 1.63. The third-order valence-electron chi connectivity index (χ3n) is 2.99. The van der Waals surface area contributed by atoms with Crippen molar-refractivity contribution in [1.29, 1.82) is 0 Å². The molecule has 2 aliphatic rings. The zero-order chi connectivity index (χ0) is 8.39. The molecule has 3 heteroatoms. The van der Waals surface area contributed by atoms with Crippen LogP contribution in [0.1, 0.15) is 19.3 Å². The molecule has 0 bridgehead atoms. The van der Waals surface area contributed by atoms with Crippen molar-refractivity contribution in [3.8, 4) is 0 Å². The first-order chi connectivity index (χ1) is 5.90. The second-order valence-electron chi connectivity index (χ2n) is 3.83. The Hall–Kier alpha value is -0.120. The van der Waals surface area contributed by atoms with E-state index in [9.17, 15) is 0 Å². The summed E-state index contributed by atoms with van der Waals surface area (Å²) in [5, 5.41) is 6.89. The molecule has 1 aliphatic heterocycles. The Labute approximate surface area is 73.9 Å². The Morgan fingerprint density at radius 1 is 1.33 bits per heavy atom. The summed E-state index contributed by atoms with van der Waals surface area (Å²) in [5.74, 6) is 0. The van der Waals surface area contributed by atoms with Crippen molar-refractivity contribution in [3.05, 3.63) is 0 Å². The van der Waals surface area contributed by atoms with Crippen molar-refractivity contribution >= 4 is 0 Å². The van der Waals surface area contributed by atoms with Gasteiger partial charge in [0.15, 0.2) is 0 Å². The van der Waals surface area contributed by atoms with Gasteiger partial charge in [-0.2, -0.15) is 0 Å². The summed E-state index contributed by atoms with van der Waals surface area (Å²) in [6, 6.07) is 1.31. The van der Waals surface area contributed by atoms with E-state index in [0.717, 1.165) is 13.1 Å². The van der Waals surface area contributed by atoms with Crippen LogP contribution in [-0.4, -0.2) is 38.4 Å². The van der Waals surface area contributed by atoms with E-state index in [0.29, 0.717) is 18.2 Å². The highest BCUT2D eigenvalue weighted by molar-refractivity contribution is 4.91. The van der Waals surface area contributed by atoms with Gasteiger partial charge in [0.05, 0.1) is 6.10 Å². The van der Waals surface area contributed by atoms with Gasteiger partial charge in [-0.05, 0) is 19.3 Å². The fourth-order valence-corrected chi connectivity index (χ4v) is 2.11. The zero-order valence-corrected chi connectivity index (χ0v) is 7.68. The predicted molar refractivity (Wildman–Crippen MR) is 48.2 cm³/mol. The van der Waals surface area contributed by atoms with Crippen LogP contribution in [-0.2, 0) is 4.74 Å². The molecular weight excluding hydrogens is 152 g/mol. The van der Waals surface area contributed by atoms with Crippen LogP contribution in [0.2, 0.25) is 0 Å². The average Bonchev–Trinajstić information content (AvgIpc) is 2.43. The maximum absolute atomic E-state index is 5.41. The molecule has 2 unspecified atom stereocenters. The topological polar surface area (TPSA) is 33.3 Å². The largest absolute Gasteiger partial charge is 0.380 e. The van der Waals surface area contributed by atoms with E-state index in [4.69, 9.17) is 4.74 Å². The molecule has 2 atom stereocenters. The van der Waals surface area contributed by atoms with Crippen LogP contribution in [0.25, 0.3) is 0 Å². The maximum atomic E-state index is 5.41. The van der Waals surface area contributed by atoms with E-state index in [1.165, 1.54) is 19.3 Å². The lowest BCUT2D eigenvalue weighted by atomic mass is 10.1. The molecule has 3 nitrogen and oxygen atoms in total. The maximum Gasteiger partial charge on any atom is 0.0724 e. The molecule has 2 rings (SSSR count). The molecule has 0 radical (unpaired) electrons. The summed E-state index contributed by atoms with van der Waals surface area (Å²) in [6.45, 7) is 2.26. The normalized spacial score (nSPS) is 36.8. The van der Waals surface area contributed by atoms with Gasteiger partial charge in [-0.15, -0.1) is 0 Å². The van der Waals surface area contributed by atoms with Gasteiger partial charge in [0, 0.05) is 32.3 Å².